The zero-order chi connectivity index (χ0) is 11.5. The Morgan fingerprint density at radius 3 is 2.82 bits per heavy atom. The smallest absolute Gasteiger partial charge is 0.0656 e. The predicted octanol–water partition coefficient (Wildman–Crippen LogP) is 1.41. The molecular weight excluding hydrogens is 212 g/mol. The van der Waals surface area contributed by atoms with Crippen LogP contribution in [0, 0.1) is 5.92 Å². The van der Waals surface area contributed by atoms with Gasteiger partial charge < -0.3 is 15.0 Å². The van der Waals surface area contributed by atoms with Gasteiger partial charge in [-0.3, -0.25) is 0 Å². The fourth-order valence-electron chi connectivity index (χ4n) is 3.44. The van der Waals surface area contributed by atoms with Crippen molar-refractivity contribution in [1.82, 2.24) is 10.2 Å². The van der Waals surface area contributed by atoms with E-state index < -0.39 is 0 Å². The van der Waals surface area contributed by atoms with Gasteiger partial charge in [-0.15, -0.1) is 0 Å². The fourth-order valence-corrected chi connectivity index (χ4v) is 3.44. The van der Waals surface area contributed by atoms with Gasteiger partial charge in [-0.1, -0.05) is 12.2 Å². The van der Waals surface area contributed by atoms with Crippen LogP contribution in [-0.4, -0.2) is 49.8 Å². The summed E-state index contributed by atoms with van der Waals surface area (Å²) in [6, 6.07) is 1.27. The summed E-state index contributed by atoms with van der Waals surface area (Å²) in [5.74, 6) is 1.02. The molecule has 2 bridgehead atoms. The van der Waals surface area contributed by atoms with Crippen LogP contribution in [0.25, 0.3) is 0 Å². The minimum Gasteiger partial charge on any atom is -0.378 e. The largest absolute Gasteiger partial charge is 0.378 e. The maximum absolute atomic E-state index is 5.45. The van der Waals surface area contributed by atoms with E-state index in [4.69, 9.17) is 4.74 Å². The van der Waals surface area contributed by atoms with Crippen molar-refractivity contribution in [3.05, 3.63) is 12.2 Å². The average Bonchev–Trinajstić information content (AvgIpc) is 2.41. The Kier molecular flexibility index (Phi) is 3.79. The summed E-state index contributed by atoms with van der Waals surface area (Å²) >= 11 is 0. The van der Waals surface area contributed by atoms with Gasteiger partial charge in [-0.2, -0.15) is 0 Å². The molecule has 0 aliphatic carbocycles. The molecule has 4 rings (SSSR count). The molecule has 17 heavy (non-hydrogen) atoms. The van der Waals surface area contributed by atoms with Gasteiger partial charge in [0.2, 0.25) is 0 Å². The number of hydrogen-bond donors (Lipinski definition) is 1. The van der Waals surface area contributed by atoms with Crippen LogP contribution in [0.5, 0.6) is 0 Å². The van der Waals surface area contributed by atoms with Crippen LogP contribution >= 0.6 is 0 Å². The van der Waals surface area contributed by atoms with Crippen LogP contribution in [-0.2, 0) is 4.74 Å². The van der Waals surface area contributed by atoms with Crippen LogP contribution in [0.1, 0.15) is 25.7 Å². The lowest BCUT2D eigenvalue weighted by Gasteiger charge is -2.45. The highest BCUT2D eigenvalue weighted by molar-refractivity contribution is 4.98. The van der Waals surface area contributed by atoms with Crippen LogP contribution in [0.15, 0.2) is 12.2 Å². The van der Waals surface area contributed by atoms with Gasteiger partial charge in [-0.25, -0.2) is 0 Å². The SMILES string of the molecule is C(=C\C1COCCN1)/CC1CC2CCN1CC2. The Bertz CT molecular complexity index is 265. The summed E-state index contributed by atoms with van der Waals surface area (Å²) in [5.41, 5.74) is 0. The molecule has 2 atom stereocenters. The molecule has 0 radical (unpaired) electrons. The number of ether oxygens (including phenoxy) is 1. The van der Waals surface area contributed by atoms with Crippen molar-refractivity contribution in [3.8, 4) is 0 Å². The Balaban J connectivity index is 1.45. The third-order valence-corrected chi connectivity index (χ3v) is 4.50. The van der Waals surface area contributed by atoms with E-state index in [1.807, 2.05) is 0 Å². The molecule has 0 aromatic carbocycles. The molecule has 4 aliphatic rings. The minimum atomic E-state index is 0.444. The highest BCUT2D eigenvalue weighted by Gasteiger charge is 2.32. The number of piperidine rings is 3. The molecule has 2 unspecified atom stereocenters. The first-order valence-electron chi connectivity index (χ1n) is 7.13. The first kappa shape index (κ1) is 11.7. The molecule has 3 nitrogen and oxygen atoms in total. The maximum atomic E-state index is 5.45. The van der Waals surface area contributed by atoms with Gasteiger partial charge in [0, 0.05) is 18.6 Å². The summed E-state index contributed by atoms with van der Waals surface area (Å²) in [5, 5.41) is 3.47. The van der Waals surface area contributed by atoms with Crippen molar-refractivity contribution in [2.24, 2.45) is 5.92 Å². The second-order valence-electron chi connectivity index (χ2n) is 5.67. The summed E-state index contributed by atoms with van der Waals surface area (Å²) in [6.07, 6.45) is 10.2. The average molecular weight is 236 g/mol. The van der Waals surface area contributed by atoms with Crippen molar-refractivity contribution in [2.45, 2.75) is 37.8 Å². The Hall–Kier alpha value is -0.380. The van der Waals surface area contributed by atoms with E-state index in [1.54, 1.807) is 0 Å². The van der Waals surface area contributed by atoms with E-state index in [0.717, 1.165) is 31.7 Å². The monoisotopic (exact) mass is 236 g/mol. The number of morpholine rings is 1. The quantitative estimate of drug-likeness (QED) is 0.750. The number of fused-ring (bicyclic) bond motifs is 3. The molecule has 4 fully saturated rings. The number of nitrogens with one attached hydrogen (secondary N) is 1. The number of hydrogen-bond acceptors (Lipinski definition) is 3. The van der Waals surface area contributed by atoms with E-state index in [1.165, 1.54) is 38.8 Å². The highest BCUT2D eigenvalue weighted by atomic mass is 16.5. The molecular formula is C14H24N2O. The lowest BCUT2D eigenvalue weighted by atomic mass is 9.82. The molecule has 0 spiro atoms. The zero-order valence-corrected chi connectivity index (χ0v) is 10.6. The molecule has 3 heteroatoms. The van der Waals surface area contributed by atoms with Gasteiger partial charge in [0.1, 0.15) is 0 Å². The summed E-state index contributed by atoms with van der Waals surface area (Å²) in [6.45, 7) is 5.38. The van der Waals surface area contributed by atoms with Crippen LogP contribution in [0.3, 0.4) is 0 Å². The molecule has 0 aromatic rings. The molecule has 0 aromatic heterocycles. The van der Waals surface area contributed by atoms with Crippen LogP contribution in [0.4, 0.5) is 0 Å². The second-order valence-corrected chi connectivity index (χ2v) is 5.67. The van der Waals surface area contributed by atoms with Crippen molar-refractivity contribution in [2.75, 3.05) is 32.8 Å². The van der Waals surface area contributed by atoms with Gasteiger partial charge >= 0.3 is 0 Å². The second kappa shape index (κ2) is 5.51. The molecule has 96 valence electrons. The summed E-state index contributed by atoms with van der Waals surface area (Å²) in [7, 11) is 0. The Labute approximate surface area is 104 Å². The van der Waals surface area contributed by atoms with Gasteiger partial charge in [-0.05, 0) is 44.7 Å². The number of rotatable bonds is 3. The maximum Gasteiger partial charge on any atom is 0.0656 e. The summed E-state index contributed by atoms with van der Waals surface area (Å²) in [4.78, 5) is 2.69. The molecule has 4 aliphatic heterocycles. The van der Waals surface area contributed by atoms with Gasteiger partial charge in [0.05, 0.1) is 13.2 Å². The standard InChI is InChI=1S/C14H24N2O/c1(2-13-11-17-9-6-15-13)3-14-10-12-4-7-16(14)8-5-12/h1-2,12-15H,3-11H2/b2-1+. The third-order valence-electron chi connectivity index (χ3n) is 4.50. The van der Waals surface area contributed by atoms with E-state index in [9.17, 15) is 0 Å². The van der Waals surface area contributed by atoms with E-state index in [-0.39, 0.29) is 0 Å². The lowest BCUT2D eigenvalue weighted by Crippen LogP contribution is -2.48. The third kappa shape index (κ3) is 2.90. The van der Waals surface area contributed by atoms with Crippen molar-refractivity contribution >= 4 is 0 Å². The number of nitrogens with zero attached hydrogens (tertiary/aromatic N) is 1. The van der Waals surface area contributed by atoms with E-state index in [2.05, 4.69) is 22.4 Å². The first-order valence-corrected chi connectivity index (χ1v) is 7.13. The van der Waals surface area contributed by atoms with Gasteiger partial charge in [0.25, 0.3) is 0 Å². The molecule has 4 heterocycles. The Morgan fingerprint density at radius 1 is 1.29 bits per heavy atom. The molecule has 0 saturated carbocycles. The minimum absolute atomic E-state index is 0.444. The molecule has 1 N–H and O–H groups in total. The lowest BCUT2D eigenvalue weighted by molar-refractivity contribution is 0.0510. The highest BCUT2D eigenvalue weighted by Crippen LogP contribution is 2.33. The van der Waals surface area contributed by atoms with Gasteiger partial charge in [0.15, 0.2) is 0 Å². The topological polar surface area (TPSA) is 24.5 Å². The molecule has 4 saturated heterocycles. The van der Waals surface area contributed by atoms with Crippen molar-refractivity contribution in [3.63, 3.8) is 0 Å². The first-order chi connectivity index (χ1) is 8.42. The zero-order valence-electron chi connectivity index (χ0n) is 10.6. The van der Waals surface area contributed by atoms with E-state index in [0.29, 0.717) is 6.04 Å². The van der Waals surface area contributed by atoms with Crippen molar-refractivity contribution in [1.29, 1.82) is 0 Å². The molecule has 0 amide bonds. The fraction of sp³-hybridized carbons (Fsp3) is 0.857. The normalized spacial score (nSPS) is 42.1. The van der Waals surface area contributed by atoms with Crippen LogP contribution in [0.2, 0.25) is 0 Å². The van der Waals surface area contributed by atoms with Crippen molar-refractivity contribution < 1.29 is 4.74 Å². The predicted molar refractivity (Wildman–Crippen MR) is 69.1 cm³/mol. The summed E-state index contributed by atoms with van der Waals surface area (Å²) < 4.78 is 5.45. The van der Waals surface area contributed by atoms with Crippen LogP contribution < -0.4 is 5.32 Å². The Morgan fingerprint density at radius 2 is 2.18 bits per heavy atom. The van der Waals surface area contributed by atoms with E-state index >= 15 is 0 Å².